The fourth-order valence-electron chi connectivity index (χ4n) is 2.53. The number of aromatic nitrogens is 1. The van der Waals surface area contributed by atoms with E-state index in [0.717, 1.165) is 15.2 Å². The van der Waals surface area contributed by atoms with Gasteiger partial charge in [0.2, 0.25) is 0 Å². The minimum absolute atomic E-state index is 0.326. The van der Waals surface area contributed by atoms with Gasteiger partial charge in [-0.2, -0.15) is 0 Å². The van der Waals surface area contributed by atoms with E-state index in [1.165, 1.54) is 47.4 Å². The van der Waals surface area contributed by atoms with Crippen molar-refractivity contribution in [1.82, 2.24) is 9.88 Å². The Morgan fingerprint density at radius 2 is 1.89 bits per heavy atom. The summed E-state index contributed by atoms with van der Waals surface area (Å²) in [5, 5.41) is 0.801. The van der Waals surface area contributed by atoms with Crippen LogP contribution in [0.15, 0.2) is 48.5 Å². The van der Waals surface area contributed by atoms with Crippen LogP contribution in [0.2, 0.25) is 0 Å². The summed E-state index contributed by atoms with van der Waals surface area (Å²) in [5.41, 5.74) is 0.890. The van der Waals surface area contributed by atoms with Crippen molar-refractivity contribution in [2.24, 2.45) is 0 Å². The molecule has 1 atom stereocenters. The van der Waals surface area contributed by atoms with E-state index in [9.17, 15) is 14.0 Å². The van der Waals surface area contributed by atoms with E-state index in [-0.39, 0.29) is 12.5 Å². The Balaban J connectivity index is 1.49. The van der Waals surface area contributed by atoms with Gasteiger partial charge in [0.05, 0.1) is 16.8 Å². The Bertz CT molecular complexity index is 941. The molecule has 0 N–H and O–H groups in total. The average Bonchev–Trinajstić information content (AvgIpc) is 3.09. The van der Waals surface area contributed by atoms with Crippen molar-refractivity contribution in [1.29, 1.82) is 0 Å². The number of amides is 1. The Kier molecular flexibility index (Phi) is 6.20. The molecule has 0 spiro atoms. The molecule has 0 saturated heterocycles. The van der Waals surface area contributed by atoms with Gasteiger partial charge in [0.1, 0.15) is 16.6 Å². The first-order valence-electron chi connectivity index (χ1n) is 8.59. The van der Waals surface area contributed by atoms with E-state index in [1.807, 2.05) is 24.3 Å². The van der Waals surface area contributed by atoms with Gasteiger partial charge in [0.25, 0.3) is 5.91 Å². The molecule has 1 aromatic heterocycles. The van der Waals surface area contributed by atoms with Crippen molar-refractivity contribution in [3.63, 3.8) is 0 Å². The van der Waals surface area contributed by atoms with Gasteiger partial charge in [0.15, 0.2) is 12.7 Å². The largest absolute Gasteiger partial charge is 0.482 e. The molecule has 0 bridgehead atoms. The molecule has 0 aliphatic heterocycles. The molecule has 28 heavy (non-hydrogen) atoms. The summed E-state index contributed by atoms with van der Waals surface area (Å²) in [7, 11) is 1.63. The molecule has 146 valence electrons. The van der Waals surface area contributed by atoms with E-state index < -0.39 is 17.9 Å². The summed E-state index contributed by atoms with van der Waals surface area (Å²) in [4.78, 5) is 30.3. The molecule has 0 aliphatic carbocycles. The molecule has 1 heterocycles. The first-order valence-corrected chi connectivity index (χ1v) is 9.41. The number of halogens is 1. The van der Waals surface area contributed by atoms with Crippen LogP contribution in [0.4, 0.5) is 4.39 Å². The highest BCUT2D eigenvalue weighted by molar-refractivity contribution is 7.18. The zero-order valence-electron chi connectivity index (χ0n) is 15.4. The smallest absolute Gasteiger partial charge is 0.344 e. The number of carbonyl (C=O) groups is 2. The molecule has 6 nitrogen and oxygen atoms in total. The van der Waals surface area contributed by atoms with Gasteiger partial charge >= 0.3 is 5.97 Å². The predicted molar refractivity (Wildman–Crippen MR) is 104 cm³/mol. The van der Waals surface area contributed by atoms with Crippen LogP contribution in [0.5, 0.6) is 5.75 Å². The van der Waals surface area contributed by atoms with Gasteiger partial charge in [0, 0.05) is 7.05 Å². The van der Waals surface area contributed by atoms with E-state index in [1.54, 1.807) is 7.05 Å². The van der Waals surface area contributed by atoms with Crippen LogP contribution in [-0.2, 0) is 20.9 Å². The minimum Gasteiger partial charge on any atom is -0.482 e. The van der Waals surface area contributed by atoms with E-state index >= 15 is 0 Å². The lowest BCUT2D eigenvalue weighted by Crippen LogP contribution is -2.37. The van der Waals surface area contributed by atoms with Gasteiger partial charge in [-0.1, -0.05) is 12.1 Å². The number of rotatable bonds is 7. The minimum atomic E-state index is -0.955. The SMILES string of the molecule is CC(OC(=O)COc1ccc(F)cc1)C(=O)N(C)Cc1nc2ccccc2s1. The topological polar surface area (TPSA) is 68.7 Å². The lowest BCUT2D eigenvalue weighted by atomic mass is 10.3. The Labute approximate surface area is 165 Å². The van der Waals surface area contributed by atoms with Crippen LogP contribution in [0.25, 0.3) is 10.2 Å². The van der Waals surface area contributed by atoms with Crippen LogP contribution < -0.4 is 4.74 Å². The normalized spacial score (nSPS) is 11.8. The Morgan fingerprint density at radius 1 is 1.18 bits per heavy atom. The molecule has 0 aliphatic rings. The fraction of sp³-hybridized carbons (Fsp3) is 0.250. The highest BCUT2D eigenvalue weighted by atomic mass is 32.1. The number of likely N-dealkylation sites (N-methyl/N-ethyl adjacent to an activating group) is 1. The number of nitrogens with zero attached hydrogens (tertiary/aromatic N) is 2. The summed E-state index contributed by atoms with van der Waals surface area (Å²) in [6.45, 7) is 1.46. The van der Waals surface area contributed by atoms with E-state index in [0.29, 0.717) is 12.3 Å². The lowest BCUT2D eigenvalue weighted by molar-refractivity contribution is -0.160. The van der Waals surface area contributed by atoms with Gasteiger partial charge < -0.3 is 14.4 Å². The third-order valence-corrected chi connectivity index (χ3v) is 4.93. The second kappa shape index (κ2) is 8.79. The van der Waals surface area contributed by atoms with Crippen molar-refractivity contribution in [2.45, 2.75) is 19.6 Å². The number of thiazole rings is 1. The molecule has 0 fully saturated rings. The first kappa shape index (κ1) is 19.8. The van der Waals surface area contributed by atoms with Gasteiger partial charge in [-0.3, -0.25) is 4.79 Å². The second-order valence-corrected chi connectivity index (χ2v) is 7.26. The fourth-order valence-corrected chi connectivity index (χ4v) is 3.55. The van der Waals surface area contributed by atoms with E-state index in [2.05, 4.69) is 4.98 Å². The second-order valence-electron chi connectivity index (χ2n) is 6.14. The zero-order valence-corrected chi connectivity index (χ0v) is 16.2. The summed E-state index contributed by atoms with van der Waals surface area (Å²) < 4.78 is 24.2. The number of esters is 1. The van der Waals surface area contributed by atoms with Crippen LogP contribution in [0, 0.1) is 5.82 Å². The third kappa shape index (κ3) is 5.04. The van der Waals surface area contributed by atoms with Crippen molar-refractivity contribution >= 4 is 33.4 Å². The molecule has 0 saturated carbocycles. The summed E-state index contributed by atoms with van der Waals surface area (Å²) >= 11 is 1.52. The number of hydrogen-bond donors (Lipinski definition) is 0. The molecule has 3 rings (SSSR count). The molecule has 3 aromatic rings. The number of para-hydroxylation sites is 1. The quantitative estimate of drug-likeness (QED) is 0.567. The standard InChI is InChI=1S/C20H19FN2O4S/c1-13(27-19(24)12-26-15-9-7-14(21)8-10-15)20(25)23(2)11-18-22-16-5-3-4-6-17(16)28-18/h3-10,13H,11-12H2,1-2H3. The molecule has 1 unspecified atom stereocenters. The van der Waals surface area contributed by atoms with Crippen molar-refractivity contribution in [3.8, 4) is 5.75 Å². The molecule has 1 amide bonds. The predicted octanol–water partition coefficient (Wildman–Crippen LogP) is 3.40. The number of ether oxygens (including phenoxy) is 2. The monoisotopic (exact) mass is 402 g/mol. The number of hydrogen-bond acceptors (Lipinski definition) is 6. The Hall–Kier alpha value is -3.00. The van der Waals surface area contributed by atoms with Crippen molar-refractivity contribution in [3.05, 3.63) is 59.4 Å². The first-order chi connectivity index (χ1) is 13.4. The average molecular weight is 402 g/mol. The zero-order chi connectivity index (χ0) is 20.1. The maximum atomic E-state index is 12.8. The van der Waals surface area contributed by atoms with Crippen LogP contribution >= 0.6 is 11.3 Å². The van der Waals surface area contributed by atoms with Crippen LogP contribution in [0.3, 0.4) is 0 Å². The van der Waals surface area contributed by atoms with Crippen LogP contribution in [-0.4, -0.2) is 41.5 Å². The number of fused-ring (bicyclic) bond motifs is 1. The van der Waals surface area contributed by atoms with Gasteiger partial charge in [-0.25, -0.2) is 14.2 Å². The van der Waals surface area contributed by atoms with E-state index in [4.69, 9.17) is 9.47 Å². The third-order valence-electron chi connectivity index (χ3n) is 3.91. The highest BCUT2D eigenvalue weighted by Gasteiger charge is 2.22. The maximum Gasteiger partial charge on any atom is 0.344 e. The lowest BCUT2D eigenvalue weighted by Gasteiger charge is -2.20. The molecule has 8 heteroatoms. The van der Waals surface area contributed by atoms with Crippen molar-refractivity contribution < 1.29 is 23.5 Å². The van der Waals surface area contributed by atoms with Crippen molar-refractivity contribution in [2.75, 3.05) is 13.7 Å². The summed E-state index contributed by atoms with van der Waals surface area (Å²) in [6, 6.07) is 13.0. The molecular formula is C20H19FN2O4S. The maximum absolute atomic E-state index is 12.8. The van der Waals surface area contributed by atoms with Gasteiger partial charge in [-0.15, -0.1) is 11.3 Å². The molecule has 0 radical (unpaired) electrons. The number of benzene rings is 2. The molecule has 2 aromatic carbocycles. The van der Waals surface area contributed by atoms with Gasteiger partial charge in [-0.05, 0) is 43.3 Å². The Morgan fingerprint density at radius 3 is 2.61 bits per heavy atom. The highest BCUT2D eigenvalue weighted by Crippen LogP contribution is 2.22. The number of carbonyl (C=O) groups excluding carboxylic acids is 2. The van der Waals surface area contributed by atoms with Crippen LogP contribution in [0.1, 0.15) is 11.9 Å². The summed E-state index contributed by atoms with van der Waals surface area (Å²) in [6.07, 6.45) is -0.955. The molecular weight excluding hydrogens is 383 g/mol. The summed E-state index contributed by atoms with van der Waals surface area (Å²) in [5.74, 6) is -1.08.